The quantitative estimate of drug-likeness (QED) is 0.733. The third kappa shape index (κ3) is 3.48. The summed E-state index contributed by atoms with van der Waals surface area (Å²) in [6.45, 7) is 4.04. The molecule has 0 radical (unpaired) electrons. The molecule has 0 spiro atoms. The van der Waals surface area contributed by atoms with Gasteiger partial charge in [-0.15, -0.1) is 0 Å². The third-order valence-electron chi connectivity index (χ3n) is 3.03. The summed E-state index contributed by atoms with van der Waals surface area (Å²) < 4.78 is 0. The summed E-state index contributed by atoms with van der Waals surface area (Å²) in [7, 11) is 0. The molecule has 0 aliphatic carbocycles. The van der Waals surface area contributed by atoms with Crippen LogP contribution in [0.5, 0.6) is 0 Å². The zero-order valence-electron chi connectivity index (χ0n) is 9.90. The first kappa shape index (κ1) is 13.0. The molecule has 0 aromatic rings. The largest absolute Gasteiger partial charge is 0.480 e. The molecular weight excluding hydrogens is 208 g/mol. The number of nitrogens with zero attached hydrogens (tertiary/aromatic N) is 1. The molecule has 1 saturated heterocycles. The number of carboxylic acid groups (broad SMARTS) is 1. The maximum atomic E-state index is 11.9. The van der Waals surface area contributed by atoms with Gasteiger partial charge in [0, 0.05) is 12.1 Å². The summed E-state index contributed by atoms with van der Waals surface area (Å²) in [5.74, 6) is -0.937. The number of carboxylic acids is 1. The standard InChI is InChI=1S/C11H20N2O3/c1-8-4-3-5-9(2)13(8)10(14)6-12-7-11(15)16/h8-9,12H,3-7H2,1-2H3,(H,15,16). The maximum absolute atomic E-state index is 11.9. The first-order chi connectivity index (χ1) is 7.52. The molecule has 0 aromatic carbocycles. The number of amides is 1. The third-order valence-corrected chi connectivity index (χ3v) is 3.03. The SMILES string of the molecule is CC1CCCC(C)N1C(=O)CNCC(=O)O. The van der Waals surface area contributed by atoms with Crippen molar-refractivity contribution in [2.24, 2.45) is 0 Å². The lowest BCUT2D eigenvalue weighted by Gasteiger charge is -2.39. The van der Waals surface area contributed by atoms with Crippen LogP contribution in [0.2, 0.25) is 0 Å². The van der Waals surface area contributed by atoms with E-state index in [4.69, 9.17) is 5.11 Å². The van der Waals surface area contributed by atoms with Crippen LogP contribution in [0.4, 0.5) is 0 Å². The van der Waals surface area contributed by atoms with Crippen LogP contribution in [-0.4, -0.2) is 47.1 Å². The Bertz CT molecular complexity index is 258. The minimum absolute atomic E-state index is 0.000880. The van der Waals surface area contributed by atoms with Crippen molar-refractivity contribution in [3.8, 4) is 0 Å². The lowest BCUT2D eigenvalue weighted by Crippen LogP contribution is -2.50. The Morgan fingerprint density at radius 1 is 1.25 bits per heavy atom. The fourth-order valence-electron chi connectivity index (χ4n) is 2.28. The van der Waals surface area contributed by atoms with Gasteiger partial charge in [0.25, 0.3) is 0 Å². The van der Waals surface area contributed by atoms with Crippen molar-refractivity contribution in [1.82, 2.24) is 10.2 Å². The molecule has 16 heavy (non-hydrogen) atoms. The molecule has 1 rings (SSSR count). The molecule has 2 N–H and O–H groups in total. The summed E-state index contributed by atoms with van der Waals surface area (Å²) in [5, 5.41) is 11.1. The van der Waals surface area contributed by atoms with Gasteiger partial charge in [0.2, 0.25) is 5.91 Å². The second-order valence-electron chi connectivity index (χ2n) is 4.43. The van der Waals surface area contributed by atoms with Gasteiger partial charge in [-0.25, -0.2) is 0 Å². The highest BCUT2D eigenvalue weighted by molar-refractivity contribution is 5.79. The van der Waals surface area contributed by atoms with Crippen LogP contribution in [0.1, 0.15) is 33.1 Å². The van der Waals surface area contributed by atoms with E-state index < -0.39 is 5.97 Å². The van der Waals surface area contributed by atoms with Crippen molar-refractivity contribution in [3.63, 3.8) is 0 Å². The number of carbonyl (C=O) groups excluding carboxylic acids is 1. The molecule has 1 amide bonds. The van der Waals surface area contributed by atoms with Gasteiger partial charge in [0.15, 0.2) is 0 Å². The monoisotopic (exact) mass is 228 g/mol. The molecule has 0 bridgehead atoms. The van der Waals surface area contributed by atoms with Gasteiger partial charge in [0.05, 0.1) is 13.1 Å². The molecule has 2 atom stereocenters. The van der Waals surface area contributed by atoms with E-state index in [2.05, 4.69) is 5.32 Å². The van der Waals surface area contributed by atoms with E-state index in [1.54, 1.807) is 0 Å². The molecular formula is C11H20N2O3. The van der Waals surface area contributed by atoms with E-state index in [-0.39, 0.29) is 31.1 Å². The number of hydrogen-bond donors (Lipinski definition) is 2. The fourth-order valence-corrected chi connectivity index (χ4v) is 2.28. The first-order valence-corrected chi connectivity index (χ1v) is 5.76. The van der Waals surface area contributed by atoms with Gasteiger partial charge in [-0.1, -0.05) is 0 Å². The highest BCUT2D eigenvalue weighted by Crippen LogP contribution is 2.22. The second-order valence-corrected chi connectivity index (χ2v) is 4.43. The number of carbonyl (C=O) groups is 2. The Morgan fingerprint density at radius 2 is 1.81 bits per heavy atom. The number of likely N-dealkylation sites (tertiary alicyclic amines) is 1. The summed E-state index contributed by atoms with van der Waals surface area (Å²) >= 11 is 0. The Kier molecular flexibility index (Phi) is 4.73. The second kappa shape index (κ2) is 5.84. The van der Waals surface area contributed by atoms with E-state index in [0.717, 1.165) is 19.3 Å². The van der Waals surface area contributed by atoms with Crippen LogP contribution in [-0.2, 0) is 9.59 Å². The molecule has 1 aliphatic heterocycles. The molecule has 5 heteroatoms. The molecule has 92 valence electrons. The zero-order valence-corrected chi connectivity index (χ0v) is 9.90. The van der Waals surface area contributed by atoms with Crippen molar-refractivity contribution in [2.75, 3.05) is 13.1 Å². The van der Waals surface area contributed by atoms with E-state index in [0.29, 0.717) is 0 Å². The summed E-state index contributed by atoms with van der Waals surface area (Å²) in [6.07, 6.45) is 3.23. The van der Waals surface area contributed by atoms with E-state index in [1.165, 1.54) is 0 Å². The topological polar surface area (TPSA) is 69.6 Å². The van der Waals surface area contributed by atoms with Crippen LogP contribution < -0.4 is 5.32 Å². The Morgan fingerprint density at radius 3 is 2.31 bits per heavy atom. The van der Waals surface area contributed by atoms with Gasteiger partial charge in [-0.3, -0.25) is 14.9 Å². The summed E-state index contributed by atoms with van der Waals surface area (Å²) in [6, 6.07) is 0.533. The number of piperidine rings is 1. The molecule has 1 fully saturated rings. The Labute approximate surface area is 95.8 Å². The van der Waals surface area contributed by atoms with Crippen LogP contribution >= 0.6 is 0 Å². The van der Waals surface area contributed by atoms with Crippen LogP contribution in [0.3, 0.4) is 0 Å². The van der Waals surface area contributed by atoms with E-state index in [1.807, 2.05) is 18.7 Å². The van der Waals surface area contributed by atoms with Gasteiger partial charge < -0.3 is 10.0 Å². The van der Waals surface area contributed by atoms with Crippen molar-refractivity contribution in [2.45, 2.75) is 45.2 Å². The molecule has 0 saturated carbocycles. The molecule has 0 aromatic heterocycles. The summed E-state index contributed by atoms with van der Waals surface area (Å²) in [5.41, 5.74) is 0. The van der Waals surface area contributed by atoms with Crippen molar-refractivity contribution >= 4 is 11.9 Å². The molecule has 5 nitrogen and oxygen atoms in total. The number of aliphatic carboxylic acids is 1. The highest BCUT2D eigenvalue weighted by Gasteiger charge is 2.28. The number of nitrogens with one attached hydrogen (secondary N) is 1. The molecule has 1 aliphatic rings. The maximum Gasteiger partial charge on any atom is 0.317 e. The average molecular weight is 228 g/mol. The van der Waals surface area contributed by atoms with Gasteiger partial charge in [0.1, 0.15) is 0 Å². The van der Waals surface area contributed by atoms with Crippen LogP contribution in [0, 0.1) is 0 Å². The van der Waals surface area contributed by atoms with Gasteiger partial charge in [-0.2, -0.15) is 0 Å². The number of rotatable bonds is 4. The van der Waals surface area contributed by atoms with E-state index >= 15 is 0 Å². The average Bonchev–Trinajstić information content (AvgIpc) is 2.16. The molecule has 1 heterocycles. The minimum atomic E-state index is -0.937. The Hall–Kier alpha value is -1.10. The lowest BCUT2D eigenvalue weighted by atomic mass is 9.97. The minimum Gasteiger partial charge on any atom is -0.480 e. The highest BCUT2D eigenvalue weighted by atomic mass is 16.4. The zero-order chi connectivity index (χ0) is 12.1. The fraction of sp³-hybridized carbons (Fsp3) is 0.818. The van der Waals surface area contributed by atoms with Crippen molar-refractivity contribution in [3.05, 3.63) is 0 Å². The normalized spacial score (nSPS) is 25.5. The smallest absolute Gasteiger partial charge is 0.317 e. The summed E-state index contributed by atoms with van der Waals surface area (Å²) in [4.78, 5) is 24.0. The van der Waals surface area contributed by atoms with Gasteiger partial charge >= 0.3 is 5.97 Å². The number of hydrogen-bond acceptors (Lipinski definition) is 3. The predicted octanol–water partition coefficient (Wildman–Crippen LogP) is 0.450. The molecule has 2 unspecified atom stereocenters. The predicted molar refractivity (Wildman–Crippen MR) is 60.1 cm³/mol. The first-order valence-electron chi connectivity index (χ1n) is 5.76. The van der Waals surface area contributed by atoms with Crippen LogP contribution in [0.25, 0.3) is 0 Å². The lowest BCUT2D eigenvalue weighted by molar-refractivity contribution is -0.137. The Balaban J connectivity index is 2.41. The van der Waals surface area contributed by atoms with Crippen molar-refractivity contribution in [1.29, 1.82) is 0 Å². The van der Waals surface area contributed by atoms with Crippen molar-refractivity contribution < 1.29 is 14.7 Å². The van der Waals surface area contributed by atoms with Crippen LogP contribution in [0.15, 0.2) is 0 Å². The van der Waals surface area contributed by atoms with Gasteiger partial charge in [-0.05, 0) is 33.1 Å². The van der Waals surface area contributed by atoms with E-state index in [9.17, 15) is 9.59 Å².